The highest BCUT2D eigenvalue weighted by atomic mass is 32.2. The third-order valence-corrected chi connectivity index (χ3v) is 4.66. The molecule has 0 aliphatic rings. The van der Waals surface area contributed by atoms with Gasteiger partial charge < -0.3 is 0 Å². The van der Waals surface area contributed by atoms with Crippen LogP contribution >= 0.6 is 0 Å². The van der Waals surface area contributed by atoms with E-state index in [0.29, 0.717) is 11.7 Å². The van der Waals surface area contributed by atoms with Crippen LogP contribution in [0.5, 0.6) is 0 Å². The van der Waals surface area contributed by atoms with E-state index in [1.165, 1.54) is 16.4 Å². The van der Waals surface area contributed by atoms with Gasteiger partial charge in [-0.2, -0.15) is 0 Å². The number of aromatic nitrogens is 2. The molecule has 0 aliphatic heterocycles. The lowest BCUT2D eigenvalue weighted by Gasteiger charge is -2.09. The van der Waals surface area contributed by atoms with Crippen molar-refractivity contribution in [3.63, 3.8) is 0 Å². The number of hydrogen-bond donors (Lipinski definition) is 0. The van der Waals surface area contributed by atoms with Gasteiger partial charge in [0.25, 0.3) is 10.0 Å². The molecule has 0 N–H and O–H groups in total. The summed E-state index contributed by atoms with van der Waals surface area (Å²) in [4.78, 5) is 4.22. The fraction of sp³-hybridized carbons (Fsp3) is 0.308. The van der Waals surface area contributed by atoms with Gasteiger partial charge in [0.1, 0.15) is 5.82 Å². The molecule has 0 aliphatic carbocycles. The van der Waals surface area contributed by atoms with Crippen LogP contribution in [0.15, 0.2) is 41.6 Å². The normalized spacial score (nSPS) is 12.0. The minimum atomic E-state index is -3.51. The van der Waals surface area contributed by atoms with Crippen LogP contribution in [0.4, 0.5) is 0 Å². The molecule has 0 saturated heterocycles. The molecule has 0 bridgehead atoms. The highest BCUT2D eigenvalue weighted by Crippen LogP contribution is 2.19. The molecule has 5 heteroatoms. The van der Waals surface area contributed by atoms with Gasteiger partial charge in [0.15, 0.2) is 0 Å². The number of hydrogen-bond acceptors (Lipinski definition) is 3. The average molecular weight is 264 g/mol. The molecule has 0 saturated carbocycles. The van der Waals surface area contributed by atoms with Crippen LogP contribution in [0.2, 0.25) is 0 Å². The highest BCUT2D eigenvalue weighted by molar-refractivity contribution is 7.90. The fourth-order valence-electron chi connectivity index (χ4n) is 1.76. The fourth-order valence-corrected chi connectivity index (χ4v) is 3.08. The van der Waals surface area contributed by atoms with Gasteiger partial charge in [-0.3, -0.25) is 0 Å². The van der Waals surface area contributed by atoms with Crippen LogP contribution in [0.1, 0.15) is 31.2 Å². The van der Waals surface area contributed by atoms with E-state index < -0.39 is 10.0 Å². The first-order valence-electron chi connectivity index (χ1n) is 5.78. The Labute approximate surface area is 107 Å². The lowest BCUT2D eigenvalue weighted by Crippen LogP contribution is -2.13. The van der Waals surface area contributed by atoms with Crippen LogP contribution in [0.25, 0.3) is 0 Å². The SMILES string of the molecule is Cc1nccn1S(=O)(=O)c1ccc(C(C)C)cc1. The minimum absolute atomic E-state index is 0.285. The summed E-state index contributed by atoms with van der Waals surface area (Å²) in [6.07, 6.45) is 2.94. The minimum Gasteiger partial charge on any atom is -0.241 e. The molecule has 1 aromatic heterocycles. The molecule has 0 fully saturated rings. The summed E-state index contributed by atoms with van der Waals surface area (Å²) in [5.74, 6) is 0.847. The second-order valence-corrected chi connectivity index (χ2v) is 6.31. The number of rotatable bonds is 3. The zero-order valence-corrected chi connectivity index (χ0v) is 11.5. The first kappa shape index (κ1) is 12.8. The monoisotopic (exact) mass is 264 g/mol. The Morgan fingerprint density at radius 1 is 1.17 bits per heavy atom. The standard InChI is InChI=1S/C13H16N2O2S/c1-10(2)12-4-6-13(7-5-12)18(16,17)15-9-8-14-11(15)3/h4-10H,1-3H3. The predicted octanol–water partition coefficient (Wildman–Crippen LogP) is 2.55. The summed E-state index contributed by atoms with van der Waals surface area (Å²) < 4.78 is 25.8. The topological polar surface area (TPSA) is 52.0 Å². The van der Waals surface area contributed by atoms with Gasteiger partial charge in [0.05, 0.1) is 4.90 Å². The van der Waals surface area contributed by atoms with Crippen molar-refractivity contribution >= 4 is 10.0 Å². The van der Waals surface area contributed by atoms with Crippen molar-refractivity contribution in [3.8, 4) is 0 Å². The first-order valence-corrected chi connectivity index (χ1v) is 7.22. The quantitative estimate of drug-likeness (QED) is 0.856. The molecule has 96 valence electrons. The smallest absolute Gasteiger partial charge is 0.241 e. The van der Waals surface area contributed by atoms with Crippen LogP contribution in [0, 0.1) is 6.92 Å². The van der Waals surface area contributed by atoms with Gasteiger partial charge in [0, 0.05) is 12.4 Å². The molecule has 0 atom stereocenters. The van der Waals surface area contributed by atoms with Crippen molar-refractivity contribution in [2.24, 2.45) is 0 Å². The summed E-state index contributed by atoms with van der Waals surface area (Å²) in [5.41, 5.74) is 1.12. The highest BCUT2D eigenvalue weighted by Gasteiger charge is 2.18. The van der Waals surface area contributed by atoms with Crippen molar-refractivity contribution in [1.29, 1.82) is 0 Å². The first-order chi connectivity index (χ1) is 8.43. The Bertz CT molecular complexity index is 640. The van der Waals surface area contributed by atoms with E-state index in [9.17, 15) is 8.42 Å². The van der Waals surface area contributed by atoms with Crippen molar-refractivity contribution in [1.82, 2.24) is 8.96 Å². The van der Waals surface area contributed by atoms with Crippen molar-refractivity contribution in [3.05, 3.63) is 48.0 Å². The maximum Gasteiger partial charge on any atom is 0.269 e. The third kappa shape index (κ3) is 2.18. The summed E-state index contributed by atoms with van der Waals surface area (Å²) in [6.45, 7) is 5.81. The number of nitrogens with zero attached hydrogens (tertiary/aromatic N) is 2. The predicted molar refractivity (Wildman–Crippen MR) is 70.1 cm³/mol. The zero-order valence-electron chi connectivity index (χ0n) is 10.7. The van der Waals surface area contributed by atoms with E-state index in [4.69, 9.17) is 0 Å². The van der Waals surface area contributed by atoms with Crippen molar-refractivity contribution in [2.75, 3.05) is 0 Å². The number of aryl methyl sites for hydroxylation is 1. The van der Waals surface area contributed by atoms with Crippen LogP contribution in [-0.4, -0.2) is 17.4 Å². The molecule has 4 nitrogen and oxygen atoms in total. The molecule has 0 radical (unpaired) electrons. The van der Waals surface area contributed by atoms with E-state index in [1.54, 1.807) is 19.1 Å². The Hall–Kier alpha value is -1.62. The Morgan fingerprint density at radius 2 is 1.78 bits per heavy atom. The number of benzene rings is 1. The van der Waals surface area contributed by atoms with E-state index in [2.05, 4.69) is 18.8 Å². The van der Waals surface area contributed by atoms with E-state index in [0.717, 1.165) is 5.56 Å². The Balaban J connectivity index is 2.46. The third-order valence-electron chi connectivity index (χ3n) is 2.89. The maximum atomic E-state index is 12.3. The second kappa shape index (κ2) is 4.57. The van der Waals surface area contributed by atoms with Gasteiger partial charge in [0.2, 0.25) is 0 Å². The summed E-state index contributed by atoms with van der Waals surface area (Å²) >= 11 is 0. The summed E-state index contributed by atoms with van der Waals surface area (Å²) in [6, 6.07) is 6.99. The van der Waals surface area contributed by atoms with Crippen LogP contribution < -0.4 is 0 Å². The van der Waals surface area contributed by atoms with Crippen molar-refractivity contribution in [2.45, 2.75) is 31.6 Å². The summed E-state index contributed by atoms with van der Waals surface area (Å²) in [5, 5.41) is 0. The molecule has 0 unspecified atom stereocenters. The molecule has 2 aromatic rings. The number of imidazole rings is 1. The molecule has 1 aromatic carbocycles. The zero-order chi connectivity index (χ0) is 13.3. The van der Waals surface area contributed by atoms with E-state index >= 15 is 0 Å². The maximum absolute atomic E-state index is 12.3. The molecule has 1 heterocycles. The van der Waals surface area contributed by atoms with Crippen LogP contribution in [-0.2, 0) is 10.0 Å². The van der Waals surface area contributed by atoms with E-state index in [-0.39, 0.29) is 4.90 Å². The lowest BCUT2D eigenvalue weighted by atomic mass is 10.0. The van der Waals surface area contributed by atoms with Crippen LogP contribution in [0.3, 0.4) is 0 Å². The Kier molecular flexibility index (Phi) is 3.26. The lowest BCUT2D eigenvalue weighted by molar-refractivity contribution is 0.585. The summed E-state index contributed by atoms with van der Waals surface area (Å²) in [7, 11) is -3.51. The van der Waals surface area contributed by atoms with Crippen molar-refractivity contribution < 1.29 is 8.42 Å². The molecule has 0 amide bonds. The van der Waals surface area contributed by atoms with Gasteiger partial charge in [-0.25, -0.2) is 17.4 Å². The molecule has 18 heavy (non-hydrogen) atoms. The van der Waals surface area contributed by atoms with Gasteiger partial charge in [-0.1, -0.05) is 26.0 Å². The van der Waals surface area contributed by atoms with Gasteiger partial charge in [-0.05, 0) is 30.5 Å². The molecular weight excluding hydrogens is 248 g/mol. The average Bonchev–Trinajstić information content (AvgIpc) is 2.76. The molecular formula is C13H16N2O2S. The molecule has 0 spiro atoms. The van der Waals surface area contributed by atoms with E-state index in [1.807, 2.05) is 12.1 Å². The Morgan fingerprint density at radius 3 is 2.22 bits per heavy atom. The largest absolute Gasteiger partial charge is 0.269 e. The molecule has 2 rings (SSSR count). The van der Waals surface area contributed by atoms with Gasteiger partial charge in [-0.15, -0.1) is 0 Å². The van der Waals surface area contributed by atoms with Gasteiger partial charge >= 0.3 is 0 Å². The second-order valence-electron chi connectivity index (χ2n) is 4.50.